The number of piperazine rings is 1. The van der Waals surface area contributed by atoms with Gasteiger partial charge in [0.1, 0.15) is 5.82 Å². The van der Waals surface area contributed by atoms with Crippen LogP contribution >= 0.6 is 11.6 Å². The van der Waals surface area contributed by atoms with E-state index in [0.29, 0.717) is 31.3 Å². The molecule has 23 heavy (non-hydrogen) atoms. The number of amides is 1. The fraction of sp³-hybridized carbons (Fsp3) is 0.625. The number of morpholine rings is 1. The van der Waals surface area contributed by atoms with E-state index in [1.807, 2.05) is 24.0 Å². The number of rotatable bonds is 3. The van der Waals surface area contributed by atoms with Crippen LogP contribution in [0.15, 0.2) is 18.3 Å². The Kier molecular flexibility index (Phi) is 5.35. The average molecular weight is 339 g/mol. The zero-order chi connectivity index (χ0) is 16.2. The Hall–Kier alpha value is -1.37. The number of ether oxygens (including phenoxy) is 1. The van der Waals surface area contributed by atoms with Gasteiger partial charge in [0, 0.05) is 45.5 Å². The lowest BCUT2D eigenvalue weighted by atomic mass is 10.2. The van der Waals surface area contributed by atoms with Crippen molar-refractivity contribution in [1.29, 1.82) is 0 Å². The summed E-state index contributed by atoms with van der Waals surface area (Å²) in [6.45, 7) is 8.03. The molecule has 0 saturated carbocycles. The summed E-state index contributed by atoms with van der Waals surface area (Å²) in [5.74, 6) is 1.04. The summed E-state index contributed by atoms with van der Waals surface area (Å²) in [5, 5.41) is 0.679. The molecule has 1 aromatic rings. The topological polar surface area (TPSA) is 48.9 Å². The molecule has 7 heteroatoms. The first-order valence-electron chi connectivity index (χ1n) is 8.13. The van der Waals surface area contributed by atoms with Gasteiger partial charge in [-0.05, 0) is 19.1 Å². The van der Waals surface area contributed by atoms with Crippen LogP contribution in [0.3, 0.4) is 0 Å². The third-order valence-electron chi connectivity index (χ3n) is 4.58. The van der Waals surface area contributed by atoms with Gasteiger partial charge in [-0.3, -0.25) is 9.69 Å². The Labute approximate surface area is 142 Å². The second-order valence-electron chi connectivity index (χ2n) is 5.95. The SMILES string of the molecule is CC(C(=O)N1CCOCC1)N1CCN(c2ncccc2Cl)CC1. The number of aromatic nitrogens is 1. The van der Waals surface area contributed by atoms with Crippen LogP contribution in [0, 0.1) is 0 Å². The van der Waals surface area contributed by atoms with Gasteiger partial charge in [-0.2, -0.15) is 0 Å². The maximum Gasteiger partial charge on any atom is 0.239 e. The maximum absolute atomic E-state index is 12.6. The van der Waals surface area contributed by atoms with Crippen LogP contribution in [0.25, 0.3) is 0 Å². The van der Waals surface area contributed by atoms with Gasteiger partial charge in [0.2, 0.25) is 5.91 Å². The van der Waals surface area contributed by atoms with Crippen LogP contribution < -0.4 is 4.90 Å². The zero-order valence-corrected chi connectivity index (χ0v) is 14.2. The zero-order valence-electron chi connectivity index (χ0n) is 13.4. The fourth-order valence-corrected chi connectivity index (χ4v) is 3.38. The highest BCUT2D eigenvalue weighted by Gasteiger charge is 2.30. The number of carbonyl (C=O) groups is 1. The van der Waals surface area contributed by atoms with Gasteiger partial charge in [-0.15, -0.1) is 0 Å². The third kappa shape index (κ3) is 3.76. The standard InChI is InChI=1S/C16H23ClN4O2/c1-13(16(22)21-9-11-23-12-10-21)19-5-7-20(8-6-19)15-14(17)3-2-4-18-15/h2-4,13H,5-12H2,1H3. The van der Waals surface area contributed by atoms with E-state index in [1.54, 1.807) is 6.20 Å². The minimum absolute atomic E-state index is 0.0885. The molecule has 0 radical (unpaired) electrons. The molecule has 1 amide bonds. The van der Waals surface area contributed by atoms with E-state index in [0.717, 1.165) is 32.0 Å². The van der Waals surface area contributed by atoms with Gasteiger partial charge in [-0.25, -0.2) is 4.98 Å². The number of carbonyl (C=O) groups excluding carboxylic acids is 1. The number of hydrogen-bond acceptors (Lipinski definition) is 5. The monoisotopic (exact) mass is 338 g/mol. The largest absolute Gasteiger partial charge is 0.378 e. The summed E-state index contributed by atoms with van der Waals surface area (Å²) >= 11 is 6.22. The van der Waals surface area contributed by atoms with Crippen molar-refractivity contribution in [2.45, 2.75) is 13.0 Å². The predicted molar refractivity (Wildman–Crippen MR) is 89.9 cm³/mol. The highest BCUT2D eigenvalue weighted by Crippen LogP contribution is 2.23. The van der Waals surface area contributed by atoms with Gasteiger partial charge in [0.05, 0.1) is 24.3 Å². The molecule has 6 nitrogen and oxygen atoms in total. The summed E-state index contributed by atoms with van der Waals surface area (Å²) in [6.07, 6.45) is 1.76. The second kappa shape index (κ2) is 7.47. The lowest BCUT2D eigenvalue weighted by Crippen LogP contribution is -2.56. The minimum atomic E-state index is -0.0885. The highest BCUT2D eigenvalue weighted by atomic mass is 35.5. The van der Waals surface area contributed by atoms with Crippen molar-refractivity contribution in [2.75, 3.05) is 57.4 Å². The molecular formula is C16H23ClN4O2. The molecule has 1 aromatic heterocycles. The Morgan fingerprint density at radius 2 is 1.91 bits per heavy atom. The van der Waals surface area contributed by atoms with Crippen LogP contribution in [-0.4, -0.2) is 79.2 Å². The Balaban J connectivity index is 1.56. The summed E-state index contributed by atoms with van der Waals surface area (Å²) in [5.41, 5.74) is 0. The van der Waals surface area contributed by atoms with E-state index >= 15 is 0 Å². The quantitative estimate of drug-likeness (QED) is 0.826. The Morgan fingerprint density at radius 3 is 2.57 bits per heavy atom. The maximum atomic E-state index is 12.6. The van der Waals surface area contributed by atoms with Gasteiger partial charge < -0.3 is 14.5 Å². The molecule has 2 fully saturated rings. The Morgan fingerprint density at radius 1 is 1.22 bits per heavy atom. The van der Waals surface area contributed by atoms with E-state index in [1.165, 1.54) is 0 Å². The molecule has 3 heterocycles. The first-order chi connectivity index (χ1) is 11.2. The molecule has 0 aromatic carbocycles. The number of hydrogen-bond donors (Lipinski definition) is 0. The van der Waals surface area contributed by atoms with E-state index in [9.17, 15) is 4.79 Å². The summed E-state index contributed by atoms with van der Waals surface area (Å²) in [7, 11) is 0. The molecule has 2 saturated heterocycles. The van der Waals surface area contributed by atoms with Gasteiger partial charge in [-0.1, -0.05) is 11.6 Å². The number of anilines is 1. The molecule has 126 valence electrons. The van der Waals surface area contributed by atoms with Crippen molar-refractivity contribution in [3.05, 3.63) is 23.4 Å². The van der Waals surface area contributed by atoms with E-state index in [4.69, 9.17) is 16.3 Å². The molecule has 0 aliphatic carbocycles. The van der Waals surface area contributed by atoms with Gasteiger partial charge >= 0.3 is 0 Å². The Bertz CT molecular complexity index is 543. The van der Waals surface area contributed by atoms with Crippen molar-refractivity contribution in [3.8, 4) is 0 Å². The number of halogens is 1. The van der Waals surface area contributed by atoms with Crippen LogP contribution in [0.5, 0.6) is 0 Å². The summed E-state index contributed by atoms with van der Waals surface area (Å²) in [6, 6.07) is 3.61. The molecule has 3 rings (SSSR count). The molecular weight excluding hydrogens is 316 g/mol. The van der Waals surface area contributed by atoms with Crippen molar-refractivity contribution in [3.63, 3.8) is 0 Å². The summed E-state index contributed by atoms with van der Waals surface area (Å²) < 4.78 is 5.32. The molecule has 0 spiro atoms. The van der Waals surface area contributed by atoms with Gasteiger partial charge in [0.25, 0.3) is 0 Å². The smallest absolute Gasteiger partial charge is 0.239 e. The lowest BCUT2D eigenvalue weighted by molar-refractivity contribution is -0.140. The predicted octanol–water partition coefficient (Wildman–Crippen LogP) is 1.10. The van der Waals surface area contributed by atoms with Crippen molar-refractivity contribution in [2.24, 2.45) is 0 Å². The molecule has 0 N–H and O–H groups in total. The van der Waals surface area contributed by atoms with Crippen molar-refractivity contribution < 1.29 is 9.53 Å². The lowest BCUT2D eigenvalue weighted by Gasteiger charge is -2.40. The summed E-state index contributed by atoms with van der Waals surface area (Å²) in [4.78, 5) is 23.3. The number of nitrogens with zero attached hydrogens (tertiary/aromatic N) is 4. The number of pyridine rings is 1. The van der Waals surface area contributed by atoms with E-state index in [2.05, 4.69) is 14.8 Å². The fourth-order valence-electron chi connectivity index (χ4n) is 3.14. The van der Waals surface area contributed by atoms with E-state index in [-0.39, 0.29) is 11.9 Å². The minimum Gasteiger partial charge on any atom is -0.378 e. The molecule has 2 aliphatic rings. The normalized spacial score (nSPS) is 21.3. The third-order valence-corrected chi connectivity index (χ3v) is 4.88. The molecule has 0 bridgehead atoms. The highest BCUT2D eigenvalue weighted by molar-refractivity contribution is 6.32. The second-order valence-corrected chi connectivity index (χ2v) is 6.35. The molecule has 2 aliphatic heterocycles. The van der Waals surface area contributed by atoms with Crippen LogP contribution in [0.2, 0.25) is 5.02 Å². The van der Waals surface area contributed by atoms with Crippen molar-refractivity contribution >= 4 is 23.3 Å². The first-order valence-corrected chi connectivity index (χ1v) is 8.50. The average Bonchev–Trinajstić information content (AvgIpc) is 2.62. The first kappa shape index (κ1) is 16.5. The van der Waals surface area contributed by atoms with Crippen LogP contribution in [0.1, 0.15) is 6.92 Å². The van der Waals surface area contributed by atoms with Crippen LogP contribution in [0.4, 0.5) is 5.82 Å². The van der Waals surface area contributed by atoms with E-state index < -0.39 is 0 Å². The van der Waals surface area contributed by atoms with Gasteiger partial charge in [0.15, 0.2) is 0 Å². The van der Waals surface area contributed by atoms with Crippen molar-refractivity contribution in [1.82, 2.24) is 14.8 Å². The van der Waals surface area contributed by atoms with Crippen LogP contribution in [-0.2, 0) is 9.53 Å². The molecule has 1 atom stereocenters. The molecule has 1 unspecified atom stereocenters.